The Morgan fingerprint density at radius 2 is 2.14 bits per heavy atom. The molecule has 3 nitrogen and oxygen atoms in total. The van der Waals surface area contributed by atoms with Gasteiger partial charge in [-0.1, -0.05) is 18.6 Å². The lowest BCUT2D eigenvalue weighted by molar-refractivity contribution is -0.385. The van der Waals surface area contributed by atoms with E-state index in [1.807, 2.05) is 12.1 Å². The number of hydrogen-bond donors (Lipinski definition) is 0. The van der Waals surface area contributed by atoms with Crippen LogP contribution in [-0.2, 0) is 0 Å². The standard InChI is InChI=1S/C11H12NO2/c1-8-5-6-10(9-3-2-4-9)11(7-8)12(13)14/h5-7,9H,1-4H2. The molecule has 0 amide bonds. The van der Waals surface area contributed by atoms with Gasteiger partial charge in [-0.25, -0.2) is 0 Å². The average Bonchev–Trinajstić information content (AvgIpc) is 2.04. The van der Waals surface area contributed by atoms with Crippen molar-refractivity contribution < 1.29 is 4.92 Å². The number of rotatable bonds is 2. The van der Waals surface area contributed by atoms with Crippen molar-refractivity contribution in [3.63, 3.8) is 0 Å². The summed E-state index contributed by atoms with van der Waals surface area (Å²) >= 11 is 0. The van der Waals surface area contributed by atoms with Crippen molar-refractivity contribution in [3.8, 4) is 0 Å². The van der Waals surface area contributed by atoms with Crippen LogP contribution in [-0.4, -0.2) is 4.92 Å². The summed E-state index contributed by atoms with van der Waals surface area (Å²) in [6.07, 6.45) is 3.35. The molecule has 1 aliphatic carbocycles. The quantitative estimate of drug-likeness (QED) is 0.531. The smallest absolute Gasteiger partial charge is 0.258 e. The zero-order valence-electron chi connectivity index (χ0n) is 7.90. The first kappa shape index (κ1) is 9.19. The zero-order chi connectivity index (χ0) is 10.1. The van der Waals surface area contributed by atoms with Gasteiger partial charge >= 0.3 is 0 Å². The third-order valence-corrected chi connectivity index (χ3v) is 2.84. The fraction of sp³-hybridized carbons (Fsp3) is 0.364. The summed E-state index contributed by atoms with van der Waals surface area (Å²) in [6, 6.07) is 5.26. The molecule has 0 heterocycles. The normalized spacial score (nSPS) is 16.4. The van der Waals surface area contributed by atoms with Gasteiger partial charge in [0.05, 0.1) is 4.92 Å². The van der Waals surface area contributed by atoms with Gasteiger partial charge < -0.3 is 0 Å². The molecule has 73 valence electrons. The van der Waals surface area contributed by atoms with Crippen molar-refractivity contribution in [3.05, 3.63) is 46.4 Å². The predicted molar refractivity (Wildman–Crippen MR) is 54.1 cm³/mol. The van der Waals surface area contributed by atoms with Crippen molar-refractivity contribution in [2.45, 2.75) is 25.2 Å². The van der Waals surface area contributed by atoms with E-state index >= 15 is 0 Å². The van der Waals surface area contributed by atoms with Crippen LogP contribution in [0.1, 0.15) is 36.3 Å². The van der Waals surface area contributed by atoms with E-state index in [1.165, 1.54) is 6.42 Å². The first-order valence-electron chi connectivity index (χ1n) is 4.79. The highest BCUT2D eigenvalue weighted by atomic mass is 16.6. The fourth-order valence-corrected chi connectivity index (χ4v) is 1.81. The number of nitrogens with zero attached hydrogens (tertiary/aromatic N) is 1. The molecule has 0 spiro atoms. The van der Waals surface area contributed by atoms with Crippen LogP contribution in [0.4, 0.5) is 5.69 Å². The summed E-state index contributed by atoms with van der Waals surface area (Å²) in [7, 11) is 0. The van der Waals surface area contributed by atoms with Gasteiger partial charge in [0, 0.05) is 11.6 Å². The van der Waals surface area contributed by atoms with E-state index in [0.29, 0.717) is 11.5 Å². The van der Waals surface area contributed by atoms with E-state index in [-0.39, 0.29) is 10.6 Å². The molecule has 0 bridgehead atoms. The minimum absolute atomic E-state index is 0.238. The summed E-state index contributed by atoms with van der Waals surface area (Å²) in [4.78, 5) is 10.5. The highest BCUT2D eigenvalue weighted by Gasteiger charge is 2.26. The Kier molecular flexibility index (Phi) is 2.23. The predicted octanol–water partition coefficient (Wildman–Crippen LogP) is 3.04. The fourth-order valence-electron chi connectivity index (χ4n) is 1.81. The molecule has 2 rings (SSSR count). The molecule has 0 saturated heterocycles. The largest absolute Gasteiger partial charge is 0.273 e. The lowest BCUT2D eigenvalue weighted by atomic mass is 9.79. The van der Waals surface area contributed by atoms with Crippen LogP contribution < -0.4 is 0 Å². The van der Waals surface area contributed by atoms with Crippen molar-refractivity contribution in [2.75, 3.05) is 0 Å². The van der Waals surface area contributed by atoms with Crippen LogP contribution in [0, 0.1) is 17.0 Å². The molecule has 1 aromatic carbocycles. The van der Waals surface area contributed by atoms with Gasteiger partial charge in [-0.3, -0.25) is 10.1 Å². The highest BCUT2D eigenvalue weighted by Crippen LogP contribution is 2.40. The second-order valence-electron chi connectivity index (χ2n) is 3.78. The Morgan fingerprint density at radius 3 is 2.64 bits per heavy atom. The van der Waals surface area contributed by atoms with Crippen molar-refractivity contribution in [1.29, 1.82) is 0 Å². The van der Waals surface area contributed by atoms with Crippen LogP contribution in [0.3, 0.4) is 0 Å². The van der Waals surface area contributed by atoms with Crippen LogP contribution in [0.15, 0.2) is 18.2 Å². The molecule has 0 aromatic heterocycles. The lowest BCUT2D eigenvalue weighted by Crippen LogP contribution is -2.11. The van der Waals surface area contributed by atoms with Gasteiger partial charge in [-0.05, 0) is 31.2 Å². The zero-order valence-corrected chi connectivity index (χ0v) is 7.90. The molecule has 1 radical (unpaired) electrons. The first-order valence-corrected chi connectivity index (χ1v) is 4.79. The van der Waals surface area contributed by atoms with Crippen LogP contribution in [0.25, 0.3) is 0 Å². The van der Waals surface area contributed by atoms with Crippen molar-refractivity contribution in [2.24, 2.45) is 0 Å². The van der Waals surface area contributed by atoms with Gasteiger partial charge in [0.2, 0.25) is 0 Å². The summed E-state index contributed by atoms with van der Waals surface area (Å²) in [5.41, 5.74) is 1.83. The summed E-state index contributed by atoms with van der Waals surface area (Å²) < 4.78 is 0. The van der Waals surface area contributed by atoms with E-state index in [0.717, 1.165) is 18.4 Å². The Balaban J connectivity index is 2.41. The molecular weight excluding hydrogens is 178 g/mol. The number of nitro groups is 1. The molecule has 0 unspecified atom stereocenters. The van der Waals surface area contributed by atoms with E-state index < -0.39 is 0 Å². The van der Waals surface area contributed by atoms with Crippen LogP contribution in [0.2, 0.25) is 0 Å². The maximum atomic E-state index is 10.8. The minimum Gasteiger partial charge on any atom is -0.258 e. The Morgan fingerprint density at radius 1 is 1.43 bits per heavy atom. The van der Waals surface area contributed by atoms with Crippen molar-refractivity contribution in [1.82, 2.24) is 0 Å². The van der Waals surface area contributed by atoms with Gasteiger partial charge in [0.15, 0.2) is 0 Å². The third-order valence-electron chi connectivity index (χ3n) is 2.84. The lowest BCUT2D eigenvalue weighted by Gasteiger charge is -2.25. The monoisotopic (exact) mass is 190 g/mol. The molecular formula is C11H12NO2. The summed E-state index contributed by atoms with van der Waals surface area (Å²) in [5, 5.41) is 10.8. The molecule has 14 heavy (non-hydrogen) atoms. The topological polar surface area (TPSA) is 43.1 Å². The van der Waals surface area contributed by atoms with Gasteiger partial charge in [0.25, 0.3) is 5.69 Å². The number of hydrogen-bond acceptors (Lipinski definition) is 2. The first-order chi connectivity index (χ1) is 6.68. The van der Waals surface area contributed by atoms with E-state index in [2.05, 4.69) is 6.92 Å². The van der Waals surface area contributed by atoms with Crippen molar-refractivity contribution >= 4 is 5.69 Å². The Hall–Kier alpha value is -1.38. The molecule has 1 saturated carbocycles. The summed E-state index contributed by atoms with van der Waals surface area (Å²) in [6.45, 7) is 3.70. The highest BCUT2D eigenvalue weighted by molar-refractivity contribution is 5.46. The van der Waals surface area contributed by atoms with E-state index in [4.69, 9.17) is 0 Å². The van der Waals surface area contributed by atoms with E-state index in [1.54, 1.807) is 6.07 Å². The van der Waals surface area contributed by atoms with Gasteiger partial charge in [-0.2, -0.15) is 0 Å². The maximum absolute atomic E-state index is 10.8. The number of nitro benzene ring substituents is 1. The molecule has 1 fully saturated rings. The minimum atomic E-state index is -0.303. The van der Waals surface area contributed by atoms with Crippen LogP contribution in [0.5, 0.6) is 0 Å². The maximum Gasteiger partial charge on any atom is 0.273 e. The SMILES string of the molecule is [CH2]c1ccc(C2CCC2)c([N+](=O)[O-])c1. The molecule has 0 N–H and O–H groups in total. The van der Waals surface area contributed by atoms with Gasteiger partial charge in [0.1, 0.15) is 0 Å². The second-order valence-corrected chi connectivity index (χ2v) is 3.78. The Labute approximate surface area is 82.9 Å². The molecule has 1 aliphatic rings. The Bertz CT molecular complexity index is 370. The third kappa shape index (κ3) is 1.50. The molecule has 3 heteroatoms. The molecule has 0 aliphatic heterocycles. The summed E-state index contributed by atoms with van der Waals surface area (Å²) in [5.74, 6) is 0.399. The molecule has 0 atom stereocenters. The average molecular weight is 190 g/mol. The second kappa shape index (κ2) is 3.40. The van der Waals surface area contributed by atoms with Gasteiger partial charge in [-0.15, -0.1) is 0 Å². The molecule has 1 aromatic rings. The van der Waals surface area contributed by atoms with E-state index in [9.17, 15) is 10.1 Å². The van der Waals surface area contributed by atoms with Crippen LogP contribution >= 0.6 is 0 Å². The number of benzene rings is 1.